The molecule has 1 saturated heterocycles. The molecule has 0 bridgehead atoms. The predicted octanol–water partition coefficient (Wildman–Crippen LogP) is 8.25. The second-order valence-corrected chi connectivity index (χ2v) is 14.1. The van der Waals surface area contributed by atoms with Gasteiger partial charge in [-0.25, -0.2) is 0 Å². The van der Waals surface area contributed by atoms with Crippen LogP contribution in [-0.4, -0.2) is 89.6 Å². The lowest BCUT2D eigenvalue weighted by Gasteiger charge is -2.39. The third-order valence-electron chi connectivity index (χ3n) is 9.37. The fourth-order valence-corrected chi connectivity index (χ4v) is 6.10. The number of aliphatic hydroxyl groups excluding tert-OH is 4. The summed E-state index contributed by atoms with van der Waals surface area (Å²) in [6.07, 6.45) is 29.1. The summed E-state index contributed by atoms with van der Waals surface area (Å²) < 4.78 is 22.7. The van der Waals surface area contributed by atoms with E-state index in [4.69, 9.17) is 18.9 Å². The molecule has 0 radical (unpaired) electrons. The Kier molecular flexibility index (Phi) is 31.3. The summed E-state index contributed by atoms with van der Waals surface area (Å²) in [6, 6.07) is 0. The lowest BCUT2D eigenvalue weighted by atomic mass is 9.99. The minimum Gasteiger partial charge on any atom is -0.457 e. The number of carbonyl (C=O) groups excluding carboxylic acids is 1. The van der Waals surface area contributed by atoms with Gasteiger partial charge in [0.05, 0.1) is 19.8 Å². The van der Waals surface area contributed by atoms with E-state index in [9.17, 15) is 25.2 Å². The fourth-order valence-electron chi connectivity index (χ4n) is 6.10. The van der Waals surface area contributed by atoms with Crippen LogP contribution < -0.4 is 0 Å². The summed E-state index contributed by atoms with van der Waals surface area (Å²) in [5, 5.41) is 40.0. The molecule has 0 aliphatic carbocycles. The van der Waals surface area contributed by atoms with E-state index in [-0.39, 0.29) is 19.2 Å². The summed E-state index contributed by atoms with van der Waals surface area (Å²) >= 11 is 0. The van der Waals surface area contributed by atoms with Crippen LogP contribution in [0.3, 0.4) is 0 Å². The van der Waals surface area contributed by atoms with Crippen molar-refractivity contribution in [1.29, 1.82) is 0 Å². The van der Waals surface area contributed by atoms with Crippen LogP contribution in [0.1, 0.15) is 168 Å². The van der Waals surface area contributed by atoms with Crippen molar-refractivity contribution < 1.29 is 44.2 Å². The predicted molar refractivity (Wildman–Crippen MR) is 201 cm³/mol. The number of rotatable bonds is 34. The van der Waals surface area contributed by atoms with Gasteiger partial charge in [0.25, 0.3) is 0 Å². The van der Waals surface area contributed by atoms with E-state index >= 15 is 0 Å². The molecule has 1 fully saturated rings. The second-order valence-electron chi connectivity index (χ2n) is 14.1. The van der Waals surface area contributed by atoms with Crippen molar-refractivity contribution in [1.82, 2.24) is 0 Å². The zero-order chi connectivity index (χ0) is 36.5. The molecule has 0 spiro atoms. The van der Waals surface area contributed by atoms with E-state index in [1.54, 1.807) is 0 Å². The molecule has 6 unspecified atom stereocenters. The Hall–Kier alpha value is -1.33. The zero-order valence-electron chi connectivity index (χ0n) is 31.9. The standard InChI is InChI=1S/C41H76O9/c1-3-5-7-9-11-13-15-17-18-20-22-24-26-28-30-37(43)49-35(34-48-41-40(46)39(45)38(44)36(32-42)50-41)33-47-31-29-27-25-23-21-19-16-14-12-10-8-6-4-2/h9,11,15,17,35-36,38-42,44-46H,3-8,10,12-14,16,18-34H2,1-2H3/b11-9-,17-15-. The first-order valence-electron chi connectivity index (χ1n) is 20.4. The number of hydrogen-bond donors (Lipinski definition) is 4. The van der Waals surface area contributed by atoms with Crippen LogP contribution in [0.25, 0.3) is 0 Å². The normalized spacial score (nSPS) is 21.8. The van der Waals surface area contributed by atoms with Gasteiger partial charge in [-0.2, -0.15) is 0 Å². The van der Waals surface area contributed by atoms with Crippen molar-refractivity contribution >= 4 is 5.97 Å². The number of hydrogen-bond acceptors (Lipinski definition) is 9. The average molecular weight is 713 g/mol. The highest BCUT2D eigenvalue weighted by Gasteiger charge is 2.44. The van der Waals surface area contributed by atoms with Crippen molar-refractivity contribution in [3.8, 4) is 0 Å². The highest BCUT2D eigenvalue weighted by Crippen LogP contribution is 2.22. The molecule has 0 amide bonds. The van der Waals surface area contributed by atoms with E-state index in [0.29, 0.717) is 13.0 Å². The third kappa shape index (κ3) is 24.8. The molecule has 50 heavy (non-hydrogen) atoms. The minimum absolute atomic E-state index is 0.116. The topological polar surface area (TPSA) is 135 Å². The zero-order valence-corrected chi connectivity index (χ0v) is 31.9. The maximum absolute atomic E-state index is 12.7. The maximum atomic E-state index is 12.7. The number of carbonyl (C=O) groups is 1. The number of esters is 1. The SMILES string of the molecule is CCCC/C=C\C/C=C\CCCCCCCC(=O)OC(COCCCCCCCCCCCCCCC)COC1OC(CO)C(O)C(O)C1O. The molecular formula is C41H76O9. The average Bonchev–Trinajstić information content (AvgIpc) is 3.11. The molecule has 1 aliphatic rings. The Labute approximate surface area is 305 Å². The minimum atomic E-state index is -1.54. The first-order valence-corrected chi connectivity index (χ1v) is 20.4. The molecule has 1 heterocycles. The molecule has 6 atom stereocenters. The Morgan fingerprint density at radius 1 is 0.640 bits per heavy atom. The molecule has 9 heteroatoms. The summed E-state index contributed by atoms with van der Waals surface area (Å²) in [5.41, 5.74) is 0. The van der Waals surface area contributed by atoms with Gasteiger partial charge in [-0.05, 0) is 38.5 Å². The van der Waals surface area contributed by atoms with Crippen molar-refractivity contribution in [2.45, 2.75) is 205 Å². The molecule has 4 N–H and O–H groups in total. The van der Waals surface area contributed by atoms with Gasteiger partial charge < -0.3 is 39.4 Å². The molecular weight excluding hydrogens is 636 g/mol. The van der Waals surface area contributed by atoms with Crippen LogP contribution in [0.4, 0.5) is 0 Å². The van der Waals surface area contributed by atoms with Crippen molar-refractivity contribution in [3.63, 3.8) is 0 Å². The van der Waals surface area contributed by atoms with Crippen molar-refractivity contribution in [2.24, 2.45) is 0 Å². The van der Waals surface area contributed by atoms with E-state index in [2.05, 4.69) is 38.2 Å². The largest absolute Gasteiger partial charge is 0.457 e. The molecule has 1 rings (SSSR count). The number of unbranched alkanes of at least 4 members (excludes halogenated alkanes) is 19. The van der Waals surface area contributed by atoms with Gasteiger partial charge >= 0.3 is 5.97 Å². The summed E-state index contributed by atoms with van der Waals surface area (Å²) in [5.74, 6) is -0.327. The summed E-state index contributed by atoms with van der Waals surface area (Å²) in [6.45, 7) is 4.50. The third-order valence-corrected chi connectivity index (χ3v) is 9.37. The molecule has 0 aromatic carbocycles. The number of allylic oxidation sites excluding steroid dienone is 4. The van der Waals surface area contributed by atoms with E-state index in [1.807, 2.05) is 0 Å². The molecule has 294 valence electrons. The molecule has 0 aromatic heterocycles. The van der Waals surface area contributed by atoms with Crippen LogP contribution in [0.15, 0.2) is 24.3 Å². The first kappa shape index (κ1) is 46.7. The van der Waals surface area contributed by atoms with Crippen LogP contribution in [0, 0.1) is 0 Å². The quantitative estimate of drug-likeness (QED) is 0.0296. The van der Waals surface area contributed by atoms with Crippen molar-refractivity contribution in [2.75, 3.05) is 26.4 Å². The smallest absolute Gasteiger partial charge is 0.306 e. The summed E-state index contributed by atoms with van der Waals surface area (Å²) in [7, 11) is 0. The van der Waals surface area contributed by atoms with Crippen LogP contribution in [0.2, 0.25) is 0 Å². The molecule has 0 saturated carbocycles. The van der Waals surface area contributed by atoms with Gasteiger partial charge in [0.1, 0.15) is 30.5 Å². The van der Waals surface area contributed by atoms with E-state index in [1.165, 1.54) is 89.9 Å². The fraction of sp³-hybridized carbons (Fsp3) is 0.878. The van der Waals surface area contributed by atoms with Gasteiger partial charge in [0, 0.05) is 13.0 Å². The Bertz CT molecular complexity index is 818. The summed E-state index contributed by atoms with van der Waals surface area (Å²) in [4.78, 5) is 12.7. The van der Waals surface area contributed by atoms with Gasteiger partial charge in [-0.3, -0.25) is 4.79 Å². The Morgan fingerprint density at radius 2 is 1.18 bits per heavy atom. The van der Waals surface area contributed by atoms with Crippen LogP contribution in [-0.2, 0) is 23.7 Å². The monoisotopic (exact) mass is 713 g/mol. The van der Waals surface area contributed by atoms with E-state index < -0.39 is 43.4 Å². The lowest BCUT2D eigenvalue weighted by Crippen LogP contribution is -2.59. The highest BCUT2D eigenvalue weighted by molar-refractivity contribution is 5.69. The number of ether oxygens (including phenoxy) is 4. The van der Waals surface area contributed by atoms with Gasteiger partial charge in [-0.1, -0.05) is 147 Å². The lowest BCUT2D eigenvalue weighted by molar-refractivity contribution is -0.305. The number of aliphatic hydroxyl groups is 4. The highest BCUT2D eigenvalue weighted by atomic mass is 16.7. The molecule has 0 aromatic rings. The second kappa shape index (κ2) is 33.5. The van der Waals surface area contributed by atoms with Crippen molar-refractivity contribution in [3.05, 3.63) is 24.3 Å². The molecule has 1 aliphatic heterocycles. The van der Waals surface area contributed by atoms with Gasteiger partial charge in [-0.15, -0.1) is 0 Å². The Morgan fingerprint density at radius 3 is 1.78 bits per heavy atom. The molecule has 9 nitrogen and oxygen atoms in total. The van der Waals surface area contributed by atoms with Crippen LogP contribution in [0.5, 0.6) is 0 Å². The maximum Gasteiger partial charge on any atom is 0.306 e. The van der Waals surface area contributed by atoms with Gasteiger partial charge in [0.15, 0.2) is 6.29 Å². The first-order chi connectivity index (χ1) is 24.4. The Balaban J connectivity index is 2.32. The van der Waals surface area contributed by atoms with Gasteiger partial charge in [0.2, 0.25) is 0 Å². The van der Waals surface area contributed by atoms with Crippen LogP contribution >= 0.6 is 0 Å². The van der Waals surface area contributed by atoms with E-state index in [0.717, 1.165) is 57.8 Å².